The minimum absolute atomic E-state index is 0.0519. The molecule has 6 heteroatoms. The summed E-state index contributed by atoms with van der Waals surface area (Å²) in [6, 6.07) is 5.87. The lowest BCUT2D eigenvalue weighted by atomic mass is 10.0. The summed E-state index contributed by atoms with van der Waals surface area (Å²) in [7, 11) is 3.34. The number of carbonyl (C=O) groups excluding carboxylic acids is 1. The summed E-state index contributed by atoms with van der Waals surface area (Å²) in [6.45, 7) is 6.86. The van der Waals surface area contributed by atoms with Crippen LogP contribution in [0.3, 0.4) is 0 Å². The van der Waals surface area contributed by atoms with Gasteiger partial charge in [0, 0.05) is 25.3 Å². The zero-order chi connectivity index (χ0) is 19.2. The van der Waals surface area contributed by atoms with Crippen molar-refractivity contribution in [2.75, 3.05) is 53.6 Å². The van der Waals surface area contributed by atoms with E-state index in [2.05, 4.69) is 11.8 Å². The Morgan fingerprint density at radius 3 is 2.81 bits per heavy atom. The largest absolute Gasteiger partial charge is 0.497 e. The van der Waals surface area contributed by atoms with E-state index in [-0.39, 0.29) is 11.9 Å². The van der Waals surface area contributed by atoms with Crippen LogP contribution in [0.2, 0.25) is 0 Å². The van der Waals surface area contributed by atoms with Crippen LogP contribution in [0.4, 0.5) is 0 Å². The van der Waals surface area contributed by atoms with Gasteiger partial charge in [-0.3, -0.25) is 9.69 Å². The molecule has 0 N–H and O–H groups in total. The fourth-order valence-electron chi connectivity index (χ4n) is 4.17. The molecule has 0 aromatic heterocycles. The predicted octanol–water partition coefficient (Wildman–Crippen LogP) is 2.73. The van der Waals surface area contributed by atoms with Crippen LogP contribution < -0.4 is 9.47 Å². The molecular formula is C21H32N2O4. The van der Waals surface area contributed by atoms with Crippen molar-refractivity contribution in [2.24, 2.45) is 5.92 Å². The van der Waals surface area contributed by atoms with Gasteiger partial charge in [-0.1, -0.05) is 6.92 Å². The molecule has 2 aliphatic rings. The van der Waals surface area contributed by atoms with E-state index in [1.807, 2.05) is 23.1 Å². The SMILES string of the molecule is CCN(CC(=O)N1CCCC1c1cc(OC)ccc1OC)CC1CCOC1. The number of nitrogens with zero attached hydrogens (tertiary/aromatic N) is 2. The van der Waals surface area contributed by atoms with Crippen molar-refractivity contribution in [1.29, 1.82) is 0 Å². The molecule has 0 aliphatic carbocycles. The molecule has 0 bridgehead atoms. The number of carbonyl (C=O) groups is 1. The molecule has 1 aromatic carbocycles. The number of likely N-dealkylation sites (tertiary alicyclic amines) is 1. The Morgan fingerprint density at radius 1 is 1.30 bits per heavy atom. The quantitative estimate of drug-likeness (QED) is 0.698. The van der Waals surface area contributed by atoms with Gasteiger partial charge in [-0.25, -0.2) is 0 Å². The van der Waals surface area contributed by atoms with E-state index >= 15 is 0 Å². The number of likely N-dealkylation sites (N-methyl/N-ethyl adjacent to an activating group) is 1. The van der Waals surface area contributed by atoms with Gasteiger partial charge in [0.25, 0.3) is 0 Å². The minimum Gasteiger partial charge on any atom is -0.497 e. The van der Waals surface area contributed by atoms with Crippen LogP contribution in [0.15, 0.2) is 18.2 Å². The number of hydrogen-bond donors (Lipinski definition) is 0. The van der Waals surface area contributed by atoms with E-state index in [4.69, 9.17) is 14.2 Å². The third-order valence-electron chi connectivity index (χ3n) is 5.72. The molecule has 2 saturated heterocycles. The molecule has 3 rings (SSSR count). The molecule has 0 radical (unpaired) electrons. The van der Waals surface area contributed by atoms with Crippen molar-refractivity contribution in [3.05, 3.63) is 23.8 Å². The van der Waals surface area contributed by atoms with Crippen LogP contribution in [0.5, 0.6) is 11.5 Å². The van der Waals surface area contributed by atoms with Gasteiger partial charge in [0.05, 0.1) is 33.4 Å². The molecule has 2 unspecified atom stereocenters. The van der Waals surface area contributed by atoms with Crippen LogP contribution in [0.25, 0.3) is 0 Å². The zero-order valence-corrected chi connectivity index (χ0v) is 16.8. The van der Waals surface area contributed by atoms with Gasteiger partial charge in [-0.2, -0.15) is 0 Å². The summed E-state index contributed by atoms with van der Waals surface area (Å²) in [6.07, 6.45) is 3.06. The topological polar surface area (TPSA) is 51.2 Å². The lowest BCUT2D eigenvalue weighted by Crippen LogP contribution is -2.41. The van der Waals surface area contributed by atoms with E-state index < -0.39 is 0 Å². The normalized spacial score (nSPS) is 22.4. The molecule has 2 fully saturated rings. The summed E-state index contributed by atoms with van der Waals surface area (Å²) in [4.78, 5) is 17.4. The summed E-state index contributed by atoms with van der Waals surface area (Å²) < 4.78 is 16.4. The maximum Gasteiger partial charge on any atom is 0.237 e. The van der Waals surface area contributed by atoms with Gasteiger partial charge in [0.1, 0.15) is 11.5 Å². The molecule has 2 heterocycles. The molecular weight excluding hydrogens is 344 g/mol. The van der Waals surface area contributed by atoms with Crippen LogP contribution in [0.1, 0.15) is 37.8 Å². The number of amides is 1. The van der Waals surface area contributed by atoms with Gasteiger partial charge in [0.15, 0.2) is 0 Å². The lowest BCUT2D eigenvalue weighted by molar-refractivity contribution is -0.133. The second-order valence-electron chi connectivity index (χ2n) is 7.41. The van der Waals surface area contributed by atoms with Gasteiger partial charge < -0.3 is 19.1 Å². The molecule has 1 amide bonds. The number of rotatable bonds is 8. The summed E-state index contributed by atoms with van der Waals surface area (Å²) in [5.74, 6) is 2.35. The van der Waals surface area contributed by atoms with Crippen LogP contribution >= 0.6 is 0 Å². The molecule has 0 spiro atoms. The smallest absolute Gasteiger partial charge is 0.237 e. The third kappa shape index (κ3) is 4.74. The highest BCUT2D eigenvalue weighted by molar-refractivity contribution is 5.79. The first-order valence-electron chi connectivity index (χ1n) is 9.97. The summed E-state index contributed by atoms with van der Waals surface area (Å²) in [5.41, 5.74) is 1.04. The Labute approximate surface area is 162 Å². The van der Waals surface area contributed by atoms with E-state index in [0.29, 0.717) is 12.5 Å². The first kappa shape index (κ1) is 20.0. The Kier molecular flexibility index (Phi) is 6.96. The lowest BCUT2D eigenvalue weighted by Gasteiger charge is -2.30. The number of ether oxygens (including phenoxy) is 3. The van der Waals surface area contributed by atoms with Crippen molar-refractivity contribution < 1.29 is 19.0 Å². The van der Waals surface area contributed by atoms with Gasteiger partial charge in [-0.15, -0.1) is 0 Å². The molecule has 150 valence electrons. The standard InChI is InChI=1S/C21H32N2O4/c1-4-22(13-16-9-11-27-15-16)14-21(24)23-10-5-6-19(23)18-12-17(25-2)7-8-20(18)26-3/h7-8,12,16,19H,4-6,9-11,13-15H2,1-3H3. The highest BCUT2D eigenvalue weighted by atomic mass is 16.5. The van der Waals surface area contributed by atoms with E-state index in [1.165, 1.54) is 0 Å². The van der Waals surface area contributed by atoms with Gasteiger partial charge in [-0.05, 0) is 49.9 Å². The van der Waals surface area contributed by atoms with Crippen LogP contribution in [-0.4, -0.2) is 69.3 Å². The van der Waals surface area contributed by atoms with Crippen molar-refractivity contribution >= 4 is 5.91 Å². The molecule has 6 nitrogen and oxygen atoms in total. The number of hydrogen-bond acceptors (Lipinski definition) is 5. The second kappa shape index (κ2) is 9.42. The summed E-state index contributed by atoms with van der Waals surface area (Å²) >= 11 is 0. The molecule has 1 aromatic rings. The summed E-state index contributed by atoms with van der Waals surface area (Å²) in [5, 5.41) is 0. The zero-order valence-electron chi connectivity index (χ0n) is 16.8. The molecule has 27 heavy (non-hydrogen) atoms. The van der Waals surface area contributed by atoms with E-state index in [1.54, 1.807) is 14.2 Å². The monoisotopic (exact) mass is 376 g/mol. The predicted molar refractivity (Wildman–Crippen MR) is 104 cm³/mol. The Hall–Kier alpha value is -1.79. The average Bonchev–Trinajstić information content (AvgIpc) is 3.38. The van der Waals surface area contributed by atoms with Crippen molar-refractivity contribution in [1.82, 2.24) is 9.80 Å². The number of methoxy groups -OCH3 is 2. The van der Waals surface area contributed by atoms with Crippen LogP contribution in [0, 0.1) is 5.92 Å². The molecule has 2 aliphatic heterocycles. The highest BCUT2D eigenvalue weighted by Crippen LogP contribution is 2.39. The van der Waals surface area contributed by atoms with Crippen molar-refractivity contribution in [3.63, 3.8) is 0 Å². The van der Waals surface area contributed by atoms with Crippen molar-refractivity contribution in [2.45, 2.75) is 32.2 Å². The van der Waals surface area contributed by atoms with Gasteiger partial charge >= 0.3 is 0 Å². The Balaban J connectivity index is 1.70. The van der Waals surface area contributed by atoms with Crippen LogP contribution in [-0.2, 0) is 9.53 Å². The third-order valence-corrected chi connectivity index (χ3v) is 5.72. The maximum atomic E-state index is 13.1. The van der Waals surface area contributed by atoms with Gasteiger partial charge in [0.2, 0.25) is 5.91 Å². The molecule has 2 atom stereocenters. The van der Waals surface area contributed by atoms with E-state index in [9.17, 15) is 4.79 Å². The fourth-order valence-corrected chi connectivity index (χ4v) is 4.17. The van der Waals surface area contributed by atoms with Crippen molar-refractivity contribution in [3.8, 4) is 11.5 Å². The minimum atomic E-state index is 0.0519. The Morgan fingerprint density at radius 2 is 2.15 bits per heavy atom. The highest BCUT2D eigenvalue weighted by Gasteiger charge is 2.33. The number of benzene rings is 1. The fraction of sp³-hybridized carbons (Fsp3) is 0.667. The first-order valence-corrected chi connectivity index (χ1v) is 9.97. The van der Waals surface area contributed by atoms with E-state index in [0.717, 1.165) is 69.2 Å². The molecule has 0 saturated carbocycles. The second-order valence-corrected chi connectivity index (χ2v) is 7.41. The maximum absolute atomic E-state index is 13.1. The first-order chi connectivity index (χ1) is 13.2. The Bertz CT molecular complexity index is 631. The average molecular weight is 376 g/mol.